The highest BCUT2D eigenvalue weighted by Crippen LogP contribution is 2.41. The molecule has 5 atom stereocenters. The molecule has 7 nitrogen and oxygen atoms in total. The van der Waals surface area contributed by atoms with Gasteiger partial charge in [0.05, 0.1) is 11.6 Å². The number of likely N-dealkylation sites (tertiary alicyclic amines) is 1. The number of carbonyl (C=O) groups excluding carboxylic acids is 2. The zero-order valence-corrected chi connectivity index (χ0v) is 21.8. The van der Waals surface area contributed by atoms with Gasteiger partial charge in [-0.15, -0.1) is 0 Å². The van der Waals surface area contributed by atoms with Gasteiger partial charge in [0.25, 0.3) is 0 Å². The minimum atomic E-state index is -0.497. The van der Waals surface area contributed by atoms with Gasteiger partial charge in [-0.2, -0.15) is 0 Å². The number of fused-ring (bicyclic) bond motifs is 2. The summed E-state index contributed by atoms with van der Waals surface area (Å²) in [6.45, 7) is 5.35. The van der Waals surface area contributed by atoms with E-state index in [9.17, 15) is 9.59 Å². The maximum absolute atomic E-state index is 14.3. The van der Waals surface area contributed by atoms with Gasteiger partial charge in [0, 0.05) is 24.5 Å². The molecule has 5 rings (SSSR count). The summed E-state index contributed by atoms with van der Waals surface area (Å²) in [6.07, 6.45) is 6.08. The molecule has 194 valence electrons. The SMILES string of the molecule is CN[C@@H](C)C(=O)NC(C(=O)N1CC[C@H]2NC[C@H](Oc3cccc4ccccc34)[C@]21C)C1CCCCC1. The second kappa shape index (κ2) is 10.4. The minimum Gasteiger partial charge on any atom is -0.486 e. The van der Waals surface area contributed by atoms with E-state index in [1.165, 1.54) is 6.42 Å². The van der Waals surface area contributed by atoms with Gasteiger partial charge in [0.1, 0.15) is 17.9 Å². The van der Waals surface area contributed by atoms with Gasteiger partial charge in [0.15, 0.2) is 0 Å². The maximum Gasteiger partial charge on any atom is 0.246 e. The number of amides is 2. The highest BCUT2D eigenvalue weighted by molar-refractivity contribution is 5.91. The molecule has 0 radical (unpaired) electrons. The monoisotopic (exact) mass is 492 g/mol. The number of nitrogens with zero attached hydrogens (tertiary/aromatic N) is 1. The smallest absolute Gasteiger partial charge is 0.246 e. The number of rotatable bonds is 7. The van der Waals surface area contributed by atoms with Crippen molar-refractivity contribution in [1.82, 2.24) is 20.9 Å². The molecule has 3 N–H and O–H groups in total. The summed E-state index contributed by atoms with van der Waals surface area (Å²) in [5.74, 6) is 0.948. The largest absolute Gasteiger partial charge is 0.486 e. The highest BCUT2D eigenvalue weighted by atomic mass is 16.5. The molecular weight excluding hydrogens is 452 g/mol. The summed E-state index contributed by atoms with van der Waals surface area (Å²) >= 11 is 0. The van der Waals surface area contributed by atoms with Gasteiger partial charge in [-0.3, -0.25) is 9.59 Å². The van der Waals surface area contributed by atoms with Gasteiger partial charge in [-0.25, -0.2) is 0 Å². The Morgan fingerprint density at radius 3 is 2.61 bits per heavy atom. The summed E-state index contributed by atoms with van der Waals surface area (Å²) in [4.78, 5) is 29.2. The van der Waals surface area contributed by atoms with Crippen LogP contribution in [0.3, 0.4) is 0 Å². The van der Waals surface area contributed by atoms with Crippen molar-refractivity contribution in [2.45, 2.75) is 82.1 Å². The molecule has 2 heterocycles. The molecule has 2 amide bonds. The molecule has 0 aromatic heterocycles. The fourth-order valence-electron chi connectivity index (χ4n) is 6.53. The van der Waals surface area contributed by atoms with Crippen LogP contribution in [0, 0.1) is 5.92 Å². The van der Waals surface area contributed by atoms with E-state index in [1.807, 2.05) is 36.1 Å². The lowest BCUT2D eigenvalue weighted by molar-refractivity contribution is -0.144. The van der Waals surface area contributed by atoms with Crippen LogP contribution in [0.1, 0.15) is 52.4 Å². The number of hydrogen-bond donors (Lipinski definition) is 3. The fourth-order valence-corrected chi connectivity index (χ4v) is 6.53. The Bertz CT molecular complexity index is 1100. The second-order valence-electron chi connectivity index (χ2n) is 10.9. The number of carbonyl (C=O) groups is 2. The lowest BCUT2D eigenvalue weighted by atomic mass is 9.82. The first-order valence-electron chi connectivity index (χ1n) is 13.6. The molecule has 0 spiro atoms. The number of hydrogen-bond acceptors (Lipinski definition) is 5. The Balaban J connectivity index is 1.42. The van der Waals surface area contributed by atoms with Crippen molar-refractivity contribution in [3.63, 3.8) is 0 Å². The lowest BCUT2D eigenvalue weighted by Gasteiger charge is -2.42. The van der Waals surface area contributed by atoms with Crippen molar-refractivity contribution in [3.05, 3.63) is 42.5 Å². The molecule has 1 unspecified atom stereocenters. The molecule has 2 aromatic carbocycles. The van der Waals surface area contributed by atoms with E-state index < -0.39 is 11.6 Å². The third kappa shape index (κ3) is 4.48. The topological polar surface area (TPSA) is 82.7 Å². The minimum absolute atomic E-state index is 0.0405. The van der Waals surface area contributed by atoms with Crippen LogP contribution < -0.4 is 20.7 Å². The van der Waals surface area contributed by atoms with Crippen molar-refractivity contribution in [1.29, 1.82) is 0 Å². The van der Waals surface area contributed by atoms with E-state index in [0.29, 0.717) is 13.1 Å². The van der Waals surface area contributed by atoms with Crippen molar-refractivity contribution in [2.75, 3.05) is 20.1 Å². The van der Waals surface area contributed by atoms with Crippen LogP contribution >= 0.6 is 0 Å². The van der Waals surface area contributed by atoms with Gasteiger partial charge in [0.2, 0.25) is 11.8 Å². The van der Waals surface area contributed by atoms with Gasteiger partial charge >= 0.3 is 0 Å². The number of ether oxygens (including phenoxy) is 1. The van der Waals surface area contributed by atoms with Crippen molar-refractivity contribution in [3.8, 4) is 5.75 Å². The van der Waals surface area contributed by atoms with Crippen LogP contribution in [0.2, 0.25) is 0 Å². The lowest BCUT2D eigenvalue weighted by Crippen LogP contribution is -2.63. The molecule has 3 aliphatic rings. The molecule has 36 heavy (non-hydrogen) atoms. The van der Waals surface area contributed by atoms with Crippen molar-refractivity contribution >= 4 is 22.6 Å². The first-order valence-corrected chi connectivity index (χ1v) is 13.6. The van der Waals surface area contributed by atoms with Gasteiger partial charge in [-0.05, 0) is 57.5 Å². The van der Waals surface area contributed by atoms with Crippen LogP contribution in [0.15, 0.2) is 42.5 Å². The van der Waals surface area contributed by atoms with Crippen LogP contribution in [-0.4, -0.2) is 66.6 Å². The quantitative estimate of drug-likeness (QED) is 0.553. The van der Waals surface area contributed by atoms with E-state index in [4.69, 9.17) is 4.74 Å². The third-order valence-corrected chi connectivity index (χ3v) is 8.93. The molecule has 0 bridgehead atoms. The van der Waals surface area contributed by atoms with Gasteiger partial charge < -0.3 is 25.6 Å². The zero-order chi connectivity index (χ0) is 25.3. The molecule has 2 saturated heterocycles. The van der Waals surface area contributed by atoms with Gasteiger partial charge in [-0.1, -0.05) is 55.7 Å². The van der Waals surface area contributed by atoms with Crippen molar-refractivity contribution < 1.29 is 14.3 Å². The first kappa shape index (κ1) is 25.0. The average molecular weight is 493 g/mol. The summed E-state index contributed by atoms with van der Waals surface area (Å²) < 4.78 is 6.69. The van der Waals surface area contributed by atoms with E-state index in [0.717, 1.165) is 48.6 Å². The third-order valence-electron chi connectivity index (χ3n) is 8.93. The fraction of sp³-hybridized carbons (Fsp3) is 0.586. The Morgan fingerprint density at radius 1 is 1.08 bits per heavy atom. The standard InChI is InChI=1S/C29H40N4O3/c1-19(30-3)27(34)32-26(21-11-5-4-6-12-21)28(35)33-17-16-24-29(33,2)25(18-31-24)36-23-15-9-13-20-10-7-8-14-22(20)23/h7-10,13-15,19,21,24-26,30-31H,4-6,11-12,16-18H2,1-3H3,(H,32,34)/t19-,24+,25-,26?,29-/m0/s1. The maximum atomic E-state index is 14.3. The summed E-state index contributed by atoms with van der Waals surface area (Å²) in [7, 11) is 1.77. The van der Waals surface area contributed by atoms with Crippen LogP contribution in [-0.2, 0) is 9.59 Å². The van der Waals surface area contributed by atoms with Crippen LogP contribution in [0.25, 0.3) is 10.8 Å². The predicted octanol–water partition coefficient (Wildman–Crippen LogP) is 3.22. The second-order valence-corrected chi connectivity index (χ2v) is 10.9. The van der Waals surface area contributed by atoms with E-state index in [-0.39, 0.29) is 35.9 Å². The summed E-state index contributed by atoms with van der Waals surface area (Å²) in [6, 6.07) is 13.7. The normalized spacial score (nSPS) is 28.0. The molecular formula is C29H40N4O3. The summed E-state index contributed by atoms with van der Waals surface area (Å²) in [5, 5.41) is 12.0. The first-order chi connectivity index (χ1) is 17.4. The Labute approximate surface area is 214 Å². The van der Waals surface area contributed by atoms with Crippen LogP contribution in [0.4, 0.5) is 0 Å². The highest BCUT2D eigenvalue weighted by Gasteiger charge is 2.58. The summed E-state index contributed by atoms with van der Waals surface area (Å²) in [5.41, 5.74) is -0.486. The Morgan fingerprint density at radius 2 is 1.83 bits per heavy atom. The Hall–Kier alpha value is -2.64. The molecule has 3 fully saturated rings. The molecule has 2 aliphatic heterocycles. The van der Waals surface area contributed by atoms with Crippen LogP contribution in [0.5, 0.6) is 5.75 Å². The van der Waals surface area contributed by atoms with E-state index in [1.54, 1.807) is 7.05 Å². The number of likely N-dealkylation sites (N-methyl/N-ethyl adjacent to an activating group) is 1. The Kier molecular flexibility index (Phi) is 7.22. The predicted molar refractivity (Wildman–Crippen MR) is 142 cm³/mol. The molecule has 1 aliphatic carbocycles. The molecule has 1 saturated carbocycles. The average Bonchev–Trinajstić information content (AvgIpc) is 3.41. The zero-order valence-electron chi connectivity index (χ0n) is 21.8. The van der Waals surface area contributed by atoms with Crippen molar-refractivity contribution in [2.24, 2.45) is 5.92 Å². The van der Waals surface area contributed by atoms with E-state index >= 15 is 0 Å². The molecule has 2 aromatic rings. The molecule has 7 heteroatoms. The number of benzene rings is 2. The van der Waals surface area contributed by atoms with E-state index in [2.05, 4.69) is 41.1 Å². The number of nitrogens with one attached hydrogen (secondary N) is 3.